The first kappa shape index (κ1) is 18.3. The van der Waals surface area contributed by atoms with Gasteiger partial charge in [0.1, 0.15) is 18.1 Å². The van der Waals surface area contributed by atoms with Gasteiger partial charge in [0.05, 0.1) is 0 Å². The third kappa shape index (κ3) is 5.80. The van der Waals surface area contributed by atoms with Crippen LogP contribution in [0.15, 0.2) is 40.8 Å². The first-order valence-electron chi connectivity index (χ1n) is 7.78. The summed E-state index contributed by atoms with van der Waals surface area (Å²) in [6.07, 6.45) is 0.355. The van der Waals surface area contributed by atoms with Gasteiger partial charge in [0.2, 0.25) is 0 Å². The number of benzene rings is 1. The summed E-state index contributed by atoms with van der Waals surface area (Å²) in [5.41, 5.74) is 0.604. The number of hydrogen-bond acceptors (Lipinski definition) is 5. The number of hydrogen-bond donors (Lipinski definition) is 2. The van der Waals surface area contributed by atoms with E-state index in [0.717, 1.165) is 0 Å². The van der Waals surface area contributed by atoms with Crippen molar-refractivity contribution in [3.8, 4) is 5.75 Å². The average Bonchev–Trinajstić information content (AvgIpc) is 3.06. The van der Waals surface area contributed by atoms with Crippen molar-refractivity contribution in [2.24, 2.45) is 0 Å². The summed E-state index contributed by atoms with van der Waals surface area (Å²) in [6.45, 7) is 1.90. The number of carbonyl (C=O) groups is 3. The minimum absolute atomic E-state index is 0.0000565. The normalized spacial score (nSPS) is 10.3. The molecular formula is C18H19NO6. The molecule has 25 heavy (non-hydrogen) atoms. The molecule has 0 spiro atoms. The highest BCUT2D eigenvalue weighted by atomic mass is 16.5. The molecule has 7 heteroatoms. The lowest BCUT2D eigenvalue weighted by Crippen LogP contribution is -2.24. The molecule has 1 heterocycles. The lowest BCUT2D eigenvalue weighted by Gasteiger charge is -2.05. The summed E-state index contributed by atoms with van der Waals surface area (Å²) < 4.78 is 10.9. The fourth-order valence-electron chi connectivity index (χ4n) is 2.05. The largest absolute Gasteiger partial charge is 0.486 e. The van der Waals surface area contributed by atoms with Crippen LogP contribution in [0.5, 0.6) is 5.75 Å². The molecule has 0 saturated carbocycles. The SMILES string of the molecule is CC(=O)c1ccc(OCc2ccc(C(=O)NCCCC(=O)O)o2)cc1. The molecule has 2 aromatic rings. The van der Waals surface area contributed by atoms with Gasteiger partial charge in [-0.2, -0.15) is 0 Å². The molecule has 0 bridgehead atoms. The molecule has 0 fully saturated rings. The van der Waals surface area contributed by atoms with Gasteiger partial charge in [-0.1, -0.05) is 0 Å². The topological polar surface area (TPSA) is 106 Å². The van der Waals surface area contributed by atoms with E-state index in [4.69, 9.17) is 14.3 Å². The highest BCUT2D eigenvalue weighted by molar-refractivity contribution is 5.94. The van der Waals surface area contributed by atoms with E-state index in [0.29, 0.717) is 23.5 Å². The number of furan rings is 1. The molecule has 0 unspecified atom stereocenters. The van der Waals surface area contributed by atoms with Crippen LogP contribution in [0.3, 0.4) is 0 Å². The molecule has 2 rings (SSSR count). The van der Waals surface area contributed by atoms with Crippen LogP contribution in [-0.2, 0) is 11.4 Å². The summed E-state index contributed by atoms with van der Waals surface area (Å²) in [7, 11) is 0. The van der Waals surface area contributed by atoms with Crippen LogP contribution in [0.4, 0.5) is 0 Å². The second-order valence-corrected chi connectivity index (χ2v) is 5.39. The number of carboxylic acid groups (broad SMARTS) is 1. The van der Waals surface area contributed by atoms with Crippen LogP contribution in [0.25, 0.3) is 0 Å². The molecule has 0 aliphatic heterocycles. The number of ketones is 1. The molecule has 0 atom stereocenters. The smallest absolute Gasteiger partial charge is 0.303 e. The van der Waals surface area contributed by atoms with Crippen molar-refractivity contribution in [1.29, 1.82) is 0 Å². The zero-order valence-electron chi connectivity index (χ0n) is 13.8. The fraction of sp³-hybridized carbons (Fsp3) is 0.278. The summed E-state index contributed by atoms with van der Waals surface area (Å²) in [6, 6.07) is 9.90. The van der Waals surface area contributed by atoms with E-state index in [-0.39, 0.29) is 31.1 Å². The van der Waals surface area contributed by atoms with Crippen molar-refractivity contribution in [2.45, 2.75) is 26.4 Å². The summed E-state index contributed by atoms with van der Waals surface area (Å²) in [5.74, 6) is -0.115. The van der Waals surface area contributed by atoms with Crippen LogP contribution in [0.2, 0.25) is 0 Å². The molecule has 132 valence electrons. The fourth-order valence-corrected chi connectivity index (χ4v) is 2.05. The number of nitrogens with one attached hydrogen (secondary N) is 1. The Kier molecular flexibility index (Phi) is 6.33. The Morgan fingerprint density at radius 1 is 1.12 bits per heavy atom. The summed E-state index contributed by atoms with van der Waals surface area (Å²) >= 11 is 0. The maximum Gasteiger partial charge on any atom is 0.303 e. The Hall–Kier alpha value is -3.09. The molecule has 0 aliphatic carbocycles. The van der Waals surface area contributed by atoms with E-state index < -0.39 is 11.9 Å². The van der Waals surface area contributed by atoms with Crippen LogP contribution in [0.1, 0.15) is 46.4 Å². The maximum atomic E-state index is 11.9. The van der Waals surface area contributed by atoms with E-state index >= 15 is 0 Å². The van der Waals surface area contributed by atoms with Gasteiger partial charge in [0, 0.05) is 18.5 Å². The third-order valence-electron chi connectivity index (χ3n) is 3.38. The van der Waals surface area contributed by atoms with Gasteiger partial charge in [0.25, 0.3) is 5.91 Å². The minimum Gasteiger partial charge on any atom is -0.486 e. The molecule has 0 saturated heterocycles. The monoisotopic (exact) mass is 345 g/mol. The number of carboxylic acids is 1. The third-order valence-corrected chi connectivity index (χ3v) is 3.38. The Balaban J connectivity index is 1.81. The predicted octanol–water partition coefficient (Wildman–Crippen LogP) is 2.66. The van der Waals surface area contributed by atoms with Gasteiger partial charge in [-0.15, -0.1) is 0 Å². The van der Waals surface area contributed by atoms with Crippen molar-refractivity contribution in [3.05, 3.63) is 53.5 Å². The molecule has 1 amide bonds. The van der Waals surface area contributed by atoms with Crippen molar-refractivity contribution < 1.29 is 28.6 Å². The van der Waals surface area contributed by atoms with Gasteiger partial charge in [-0.25, -0.2) is 0 Å². The highest BCUT2D eigenvalue weighted by Crippen LogP contribution is 2.16. The summed E-state index contributed by atoms with van der Waals surface area (Å²) in [5, 5.41) is 11.1. The quantitative estimate of drug-likeness (QED) is 0.534. The Bertz CT molecular complexity index is 747. The zero-order chi connectivity index (χ0) is 18.2. The standard InChI is InChI=1S/C18H19NO6/c1-12(20)13-4-6-14(7-5-13)24-11-15-8-9-16(25-15)18(23)19-10-2-3-17(21)22/h4-9H,2-3,10-11H2,1H3,(H,19,23)(H,21,22). The molecular weight excluding hydrogens is 326 g/mol. The highest BCUT2D eigenvalue weighted by Gasteiger charge is 2.11. The van der Waals surface area contributed by atoms with E-state index in [1.165, 1.54) is 13.0 Å². The maximum absolute atomic E-state index is 11.9. The van der Waals surface area contributed by atoms with Crippen molar-refractivity contribution in [2.75, 3.05) is 6.54 Å². The van der Waals surface area contributed by atoms with Gasteiger partial charge >= 0.3 is 5.97 Å². The van der Waals surface area contributed by atoms with E-state index in [2.05, 4.69) is 5.32 Å². The van der Waals surface area contributed by atoms with Crippen LogP contribution < -0.4 is 10.1 Å². The molecule has 7 nitrogen and oxygen atoms in total. The van der Waals surface area contributed by atoms with Crippen molar-refractivity contribution in [1.82, 2.24) is 5.32 Å². The first-order chi connectivity index (χ1) is 12.0. The van der Waals surface area contributed by atoms with Gasteiger partial charge < -0.3 is 19.6 Å². The molecule has 1 aromatic heterocycles. The van der Waals surface area contributed by atoms with E-state index in [1.807, 2.05) is 0 Å². The Labute approximate surface area is 144 Å². The number of ether oxygens (including phenoxy) is 1. The molecule has 0 radical (unpaired) electrons. The number of carbonyl (C=O) groups excluding carboxylic acids is 2. The lowest BCUT2D eigenvalue weighted by molar-refractivity contribution is -0.137. The van der Waals surface area contributed by atoms with Crippen LogP contribution in [0, 0.1) is 0 Å². The van der Waals surface area contributed by atoms with Crippen molar-refractivity contribution >= 4 is 17.7 Å². The zero-order valence-corrected chi connectivity index (χ0v) is 13.8. The average molecular weight is 345 g/mol. The molecule has 0 aliphatic rings. The van der Waals surface area contributed by atoms with Crippen molar-refractivity contribution in [3.63, 3.8) is 0 Å². The summed E-state index contributed by atoms with van der Waals surface area (Å²) in [4.78, 5) is 33.5. The van der Waals surface area contributed by atoms with Gasteiger partial charge in [-0.3, -0.25) is 14.4 Å². The second kappa shape index (κ2) is 8.68. The lowest BCUT2D eigenvalue weighted by atomic mass is 10.1. The van der Waals surface area contributed by atoms with E-state index in [1.54, 1.807) is 30.3 Å². The van der Waals surface area contributed by atoms with Gasteiger partial charge in [-0.05, 0) is 49.7 Å². The number of Topliss-reactive ketones (excluding diaryl/α,β-unsaturated/α-hetero) is 1. The van der Waals surface area contributed by atoms with E-state index in [9.17, 15) is 14.4 Å². The van der Waals surface area contributed by atoms with Crippen LogP contribution in [-0.4, -0.2) is 29.3 Å². The number of aliphatic carboxylic acids is 1. The number of amides is 1. The first-order valence-corrected chi connectivity index (χ1v) is 7.78. The second-order valence-electron chi connectivity index (χ2n) is 5.39. The van der Waals surface area contributed by atoms with Crippen LogP contribution >= 0.6 is 0 Å². The molecule has 2 N–H and O–H groups in total. The Morgan fingerprint density at radius 2 is 1.84 bits per heavy atom. The predicted molar refractivity (Wildman–Crippen MR) is 88.7 cm³/mol. The number of rotatable bonds is 9. The van der Waals surface area contributed by atoms with Gasteiger partial charge in [0.15, 0.2) is 11.5 Å². The Morgan fingerprint density at radius 3 is 2.48 bits per heavy atom. The molecule has 1 aromatic carbocycles. The minimum atomic E-state index is -0.900.